The number of aromatic nitrogens is 1. The fourth-order valence-corrected chi connectivity index (χ4v) is 1.64. The zero-order valence-corrected chi connectivity index (χ0v) is 11.2. The number of aromatic carboxylic acids is 1. The summed E-state index contributed by atoms with van der Waals surface area (Å²) in [5, 5.41) is 11.4. The minimum Gasteiger partial charge on any atom is -0.478 e. The summed E-state index contributed by atoms with van der Waals surface area (Å²) in [6.07, 6.45) is 0.803. The van der Waals surface area contributed by atoms with Crippen LogP contribution >= 0.6 is 0 Å². The third-order valence-electron chi connectivity index (χ3n) is 2.69. The van der Waals surface area contributed by atoms with Gasteiger partial charge in [0.25, 0.3) is 0 Å². The molecule has 108 valence electrons. The second kappa shape index (κ2) is 7.04. The van der Waals surface area contributed by atoms with Gasteiger partial charge >= 0.3 is 12.1 Å². The highest BCUT2D eigenvalue weighted by atomic mass is 16.5. The van der Waals surface area contributed by atoms with Crippen LogP contribution in [0.15, 0.2) is 48.7 Å². The average Bonchev–Trinajstić information content (AvgIpc) is 2.52. The number of pyridine rings is 1. The lowest BCUT2D eigenvalue weighted by atomic mass is 10.2. The Bertz CT molecular complexity index is 629. The number of hydrogen-bond donors (Lipinski definition) is 2. The first-order valence-electron chi connectivity index (χ1n) is 6.28. The standard InChI is InChI=1S/C15H14N2O4/c18-14(19)12-6-7-16-13(8-12)9-17-15(20)21-10-11-4-2-1-3-5-11/h1-8H,9-10H2,(H,17,20)(H,18,19). The number of carbonyl (C=O) groups is 2. The molecule has 0 spiro atoms. The van der Waals surface area contributed by atoms with Crippen molar-refractivity contribution in [3.8, 4) is 0 Å². The Morgan fingerprint density at radius 2 is 1.95 bits per heavy atom. The van der Waals surface area contributed by atoms with Crippen LogP contribution in [-0.2, 0) is 17.9 Å². The summed E-state index contributed by atoms with van der Waals surface area (Å²) in [6, 6.07) is 12.1. The van der Waals surface area contributed by atoms with E-state index in [0.717, 1.165) is 5.56 Å². The molecular weight excluding hydrogens is 272 g/mol. The first-order valence-corrected chi connectivity index (χ1v) is 6.28. The third kappa shape index (κ3) is 4.61. The largest absolute Gasteiger partial charge is 0.478 e. The molecule has 0 unspecified atom stereocenters. The van der Waals surface area contributed by atoms with Gasteiger partial charge in [-0.1, -0.05) is 30.3 Å². The van der Waals surface area contributed by atoms with Crippen LogP contribution < -0.4 is 5.32 Å². The number of amides is 1. The number of rotatable bonds is 5. The Labute approximate surface area is 121 Å². The molecular formula is C15H14N2O4. The zero-order valence-electron chi connectivity index (χ0n) is 11.2. The summed E-state index contributed by atoms with van der Waals surface area (Å²) in [4.78, 5) is 26.3. The lowest BCUT2D eigenvalue weighted by Crippen LogP contribution is -2.24. The summed E-state index contributed by atoms with van der Waals surface area (Å²) in [7, 11) is 0. The van der Waals surface area contributed by atoms with Crippen LogP contribution in [0.5, 0.6) is 0 Å². The van der Waals surface area contributed by atoms with Gasteiger partial charge in [-0.15, -0.1) is 0 Å². The quantitative estimate of drug-likeness (QED) is 0.879. The van der Waals surface area contributed by atoms with Gasteiger partial charge in [0.15, 0.2) is 0 Å². The van der Waals surface area contributed by atoms with Crippen LogP contribution in [0, 0.1) is 0 Å². The number of hydrogen-bond acceptors (Lipinski definition) is 4. The van der Waals surface area contributed by atoms with Gasteiger partial charge in [0, 0.05) is 6.20 Å². The maximum atomic E-state index is 11.5. The number of ether oxygens (including phenoxy) is 1. The van der Waals surface area contributed by atoms with E-state index in [1.54, 1.807) is 0 Å². The van der Waals surface area contributed by atoms with E-state index < -0.39 is 12.1 Å². The van der Waals surface area contributed by atoms with E-state index in [1.165, 1.54) is 18.3 Å². The summed E-state index contributed by atoms with van der Waals surface area (Å²) >= 11 is 0. The van der Waals surface area contributed by atoms with Crippen molar-refractivity contribution in [2.75, 3.05) is 0 Å². The van der Waals surface area contributed by atoms with E-state index in [0.29, 0.717) is 5.69 Å². The van der Waals surface area contributed by atoms with Crippen molar-refractivity contribution in [1.29, 1.82) is 0 Å². The molecule has 1 heterocycles. The van der Waals surface area contributed by atoms with Gasteiger partial charge < -0.3 is 15.2 Å². The average molecular weight is 286 g/mol. The number of carboxylic acids is 1. The Morgan fingerprint density at radius 1 is 1.19 bits per heavy atom. The predicted molar refractivity (Wildman–Crippen MR) is 74.7 cm³/mol. The van der Waals surface area contributed by atoms with Gasteiger partial charge in [-0.25, -0.2) is 9.59 Å². The van der Waals surface area contributed by atoms with Crippen molar-refractivity contribution in [1.82, 2.24) is 10.3 Å². The van der Waals surface area contributed by atoms with Gasteiger partial charge in [-0.3, -0.25) is 4.98 Å². The maximum Gasteiger partial charge on any atom is 0.407 e. The maximum absolute atomic E-state index is 11.5. The Kier molecular flexibility index (Phi) is 4.87. The molecule has 0 aliphatic heterocycles. The number of nitrogens with one attached hydrogen (secondary N) is 1. The number of alkyl carbamates (subject to hydrolysis) is 1. The fraction of sp³-hybridized carbons (Fsp3) is 0.133. The van der Waals surface area contributed by atoms with E-state index in [9.17, 15) is 9.59 Å². The molecule has 6 nitrogen and oxygen atoms in total. The Morgan fingerprint density at radius 3 is 2.67 bits per heavy atom. The highest BCUT2D eigenvalue weighted by Gasteiger charge is 2.06. The van der Waals surface area contributed by atoms with Crippen molar-refractivity contribution in [3.63, 3.8) is 0 Å². The first kappa shape index (κ1) is 14.5. The number of nitrogens with zero attached hydrogens (tertiary/aromatic N) is 1. The van der Waals surface area contributed by atoms with Crippen molar-refractivity contribution in [2.45, 2.75) is 13.2 Å². The molecule has 0 radical (unpaired) electrons. The van der Waals surface area contributed by atoms with Crippen molar-refractivity contribution >= 4 is 12.1 Å². The van der Waals surface area contributed by atoms with E-state index >= 15 is 0 Å². The van der Waals surface area contributed by atoms with Gasteiger partial charge in [-0.05, 0) is 17.7 Å². The topological polar surface area (TPSA) is 88.5 Å². The second-order valence-electron chi connectivity index (χ2n) is 4.26. The molecule has 0 aliphatic carbocycles. The van der Waals surface area contributed by atoms with E-state index in [1.807, 2.05) is 30.3 Å². The molecule has 1 amide bonds. The van der Waals surface area contributed by atoms with Crippen LogP contribution in [0.25, 0.3) is 0 Å². The van der Waals surface area contributed by atoms with E-state index in [-0.39, 0.29) is 18.7 Å². The SMILES string of the molecule is O=C(NCc1cc(C(=O)O)ccn1)OCc1ccccc1. The lowest BCUT2D eigenvalue weighted by molar-refractivity contribution is 0.0696. The number of benzene rings is 1. The van der Waals surface area contributed by atoms with E-state index in [2.05, 4.69) is 10.3 Å². The van der Waals surface area contributed by atoms with Crippen molar-refractivity contribution in [3.05, 3.63) is 65.5 Å². The monoisotopic (exact) mass is 286 g/mol. The van der Waals surface area contributed by atoms with Crippen LogP contribution in [0.3, 0.4) is 0 Å². The summed E-state index contributed by atoms with van der Waals surface area (Å²) in [6.45, 7) is 0.282. The smallest absolute Gasteiger partial charge is 0.407 e. The van der Waals surface area contributed by atoms with Crippen molar-refractivity contribution < 1.29 is 19.4 Å². The van der Waals surface area contributed by atoms with Crippen molar-refractivity contribution in [2.24, 2.45) is 0 Å². The normalized spacial score (nSPS) is 9.90. The van der Waals surface area contributed by atoms with Gasteiger partial charge in [0.05, 0.1) is 17.8 Å². The fourth-order valence-electron chi connectivity index (χ4n) is 1.64. The Hall–Kier alpha value is -2.89. The van der Waals surface area contributed by atoms with Gasteiger partial charge in [-0.2, -0.15) is 0 Å². The molecule has 2 rings (SSSR count). The lowest BCUT2D eigenvalue weighted by Gasteiger charge is -2.07. The van der Waals surface area contributed by atoms with Crippen LogP contribution in [0.1, 0.15) is 21.6 Å². The van der Waals surface area contributed by atoms with Crippen LogP contribution in [-0.4, -0.2) is 22.2 Å². The molecule has 0 aliphatic rings. The van der Waals surface area contributed by atoms with Crippen LogP contribution in [0.2, 0.25) is 0 Å². The second-order valence-corrected chi connectivity index (χ2v) is 4.26. The molecule has 0 saturated heterocycles. The van der Waals surface area contributed by atoms with Crippen LogP contribution in [0.4, 0.5) is 4.79 Å². The first-order chi connectivity index (χ1) is 10.1. The highest BCUT2D eigenvalue weighted by molar-refractivity contribution is 5.87. The minimum absolute atomic E-state index is 0.106. The number of carboxylic acid groups (broad SMARTS) is 1. The summed E-state index contributed by atoms with van der Waals surface area (Å²) in [5.74, 6) is -1.04. The third-order valence-corrected chi connectivity index (χ3v) is 2.69. The van der Waals surface area contributed by atoms with Gasteiger partial charge in [0.1, 0.15) is 6.61 Å². The molecule has 1 aromatic carbocycles. The highest BCUT2D eigenvalue weighted by Crippen LogP contribution is 2.03. The molecule has 1 aromatic heterocycles. The minimum atomic E-state index is -1.04. The summed E-state index contributed by atoms with van der Waals surface area (Å²) < 4.78 is 5.03. The molecule has 0 fully saturated rings. The summed E-state index contributed by atoms with van der Waals surface area (Å²) in [5.41, 5.74) is 1.46. The van der Waals surface area contributed by atoms with E-state index in [4.69, 9.17) is 9.84 Å². The van der Waals surface area contributed by atoms with Gasteiger partial charge in [0.2, 0.25) is 0 Å². The molecule has 0 atom stereocenters. The molecule has 0 saturated carbocycles. The number of carbonyl (C=O) groups excluding carboxylic acids is 1. The predicted octanol–water partition coefficient (Wildman–Crippen LogP) is 2.21. The molecule has 2 aromatic rings. The molecule has 21 heavy (non-hydrogen) atoms. The molecule has 0 bridgehead atoms. The zero-order chi connectivity index (χ0) is 15.1. The Balaban J connectivity index is 1.81. The molecule has 2 N–H and O–H groups in total. The molecule has 6 heteroatoms.